The van der Waals surface area contributed by atoms with Crippen LogP contribution in [-0.4, -0.2) is 13.1 Å². The van der Waals surface area contributed by atoms with Crippen molar-refractivity contribution >= 4 is 45.1 Å². The molecule has 0 heterocycles. The Hall–Kier alpha value is -0.250. The molecule has 0 spiro atoms. The number of esters is 1. The van der Waals surface area contributed by atoms with Crippen LogP contribution < -0.4 is 0 Å². The van der Waals surface area contributed by atoms with Gasteiger partial charge in [-0.3, -0.25) is 0 Å². The van der Waals surface area contributed by atoms with E-state index in [1.54, 1.807) is 12.1 Å². The summed E-state index contributed by atoms with van der Waals surface area (Å²) in [5, 5.41) is 0.521. The van der Waals surface area contributed by atoms with Crippen LogP contribution in [0.5, 0.6) is 0 Å². The summed E-state index contributed by atoms with van der Waals surface area (Å²) in [6.07, 6.45) is 0. The molecular weight excluding hydrogens is 279 g/mol. The quantitative estimate of drug-likeness (QED) is 0.582. The van der Waals surface area contributed by atoms with E-state index in [1.807, 2.05) is 0 Å². The third kappa shape index (κ3) is 2.36. The van der Waals surface area contributed by atoms with Crippen molar-refractivity contribution < 1.29 is 9.53 Å². The Labute approximate surface area is 93.9 Å². The van der Waals surface area contributed by atoms with E-state index in [9.17, 15) is 4.79 Å². The fourth-order valence-corrected chi connectivity index (χ4v) is 1.81. The lowest BCUT2D eigenvalue weighted by Crippen LogP contribution is -2.02. The van der Waals surface area contributed by atoms with Gasteiger partial charge in [0.15, 0.2) is 0 Å². The van der Waals surface area contributed by atoms with Crippen molar-refractivity contribution in [3.05, 3.63) is 32.2 Å². The van der Waals surface area contributed by atoms with Gasteiger partial charge in [0.05, 0.1) is 22.7 Å². The number of ether oxygens (including phenoxy) is 1. The summed E-state index contributed by atoms with van der Waals surface area (Å²) < 4.78 is 5.21. The van der Waals surface area contributed by atoms with E-state index in [4.69, 9.17) is 23.2 Å². The van der Waals surface area contributed by atoms with Gasteiger partial charge >= 0.3 is 5.97 Å². The molecule has 0 unspecified atom stereocenters. The molecule has 0 aliphatic rings. The highest BCUT2D eigenvalue weighted by Crippen LogP contribution is 2.30. The smallest absolute Gasteiger partial charge is 0.339 e. The second-order valence-corrected chi connectivity index (χ2v) is 3.94. The molecule has 1 aromatic carbocycles. The zero-order chi connectivity index (χ0) is 10.0. The maximum Gasteiger partial charge on any atom is 0.339 e. The monoisotopic (exact) mass is 282 g/mol. The first kappa shape index (κ1) is 10.8. The Balaban J connectivity index is 3.28. The second kappa shape index (κ2) is 4.31. The van der Waals surface area contributed by atoms with Crippen LogP contribution in [0.25, 0.3) is 0 Å². The van der Waals surface area contributed by atoms with Crippen LogP contribution in [0.1, 0.15) is 10.4 Å². The van der Waals surface area contributed by atoms with E-state index in [0.717, 1.165) is 0 Å². The summed E-state index contributed by atoms with van der Waals surface area (Å²) in [6, 6.07) is 3.16. The van der Waals surface area contributed by atoms with E-state index >= 15 is 0 Å². The number of carbonyl (C=O) groups is 1. The first-order valence-electron chi connectivity index (χ1n) is 3.29. The van der Waals surface area contributed by atoms with Crippen LogP contribution in [0.3, 0.4) is 0 Å². The largest absolute Gasteiger partial charge is 0.465 e. The van der Waals surface area contributed by atoms with Gasteiger partial charge in [-0.15, -0.1) is 0 Å². The number of hydrogen-bond donors (Lipinski definition) is 0. The molecule has 0 saturated heterocycles. The van der Waals surface area contributed by atoms with Gasteiger partial charge in [0, 0.05) is 4.47 Å². The fraction of sp³-hybridized carbons (Fsp3) is 0.125. The van der Waals surface area contributed by atoms with E-state index in [2.05, 4.69) is 20.7 Å². The second-order valence-electron chi connectivity index (χ2n) is 2.24. The number of hydrogen-bond acceptors (Lipinski definition) is 2. The highest BCUT2D eigenvalue weighted by atomic mass is 79.9. The molecule has 0 radical (unpaired) electrons. The van der Waals surface area contributed by atoms with Crippen molar-refractivity contribution in [2.75, 3.05) is 7.11 Å². The first-order valence-corrected chi connectivity index (χ1v) is 4.84. The van der Waals surface area contributed by atoms with Crippen molar-refractivity contribution in [1.29, 1.82) is 0 Å². The van der Waals surface area contributed by atoms with Crippen molar-refractivity contribution in [2.45, 2.75) is 0 Å². The van der Waals surface area contributed by atoms with Crippen molar-refractivity contribution in [2.24, 2.45) is 0 Å². The van der Waals surface area contributed by atoms with Crippen LogP contribution >= 0.6 is 39.1 Å². The summed E-state index contributed by atoms with van der Waals surface area (Å²) in [6.45, 7) is 0. The lowest BCUT2D eigenvalue weighted by Gasteiger charge is -2.04. The van der Waals surface area contributed by atoms with Gasteiger partial charge in [0.25, 0.3) is 0 Å². The lowest BCUT2D eigenvalue weighted by molar-refractivity contribution is 0.0601. The molecule has 1 rings (SSSR count). The third-order valence-corrected chi connectivity index (χ3v) is 2.66. The molecule has 1 aromatic rings. The maximum absolute atomic E-state index is 11.2. The van der Waals surface area contributed by atoms with Gasteiger partial charge in [-0.05, 0) is 12.1 Å². The summed E-state index contributed by atoms with van der Waals surface area (Å²) >= 11 is 14.7. The van der Waals surface area contributed by atoms with Gasteiger partial charge in [-0.25, -0.2) is 4.79 Å². The predicted molar refractivity (Wildman–Crippen MR) is 55.5 cm³/mol. The van der Waals surface area contributed by atoms with Gasteiger partial charge in [0.2, 0.25) is 0 Å². The molecule has 0 saturated carbocycles. The number of methoxy groups -OCH3 is 1. The summed E-state index contributed by atoms with van der Waals surface area (Å²) in [5.41, 5.74) is 0.253. The molecule has 0 N–H and O–H groups in total. The summed E-state index contributed by atoms with van der Waals surface area (Å²) in [4.78, 5) is 11.2. The molecule has 13 heavy (non-hydrogen) atoms. The normalized spacial score (nSPS) is 9.85. The highest BCUT2D eigenvalue weighted by Gasteiger charge is 2.14. The lowest BCUT2D eigenvalue weighted by atomic mass is 10.2. The fourth-order valence-electron chi connectivity index (χ4n) is 0.814. The number of rotatable bonds is 1. The van der Waals surface area contributed by atoms with Gasteiger partial charge in [0.1, 0.15) is 0 Å². The van der Waals surface area contributed by atoms with E-state index in [0.29, 0.717) is 9.50 Å². The van der Waals surface area contributed by atoms with Crippen LogP contribution in [-0.2, 0) is 4.74 Å². The molecule has 0 aliphatic heterocycles. The molecule has 0 fully saturated rings. The van der Waals surface area contributed by atoms with Crippen molar-refractivity contribution in [3.63, 3.8) is 0 Å². The van der Waals surface area contributed by atoms with Crippen LogP contribution in [0.15, 0.2) is 16.6 Å². The molecule has 70 valence electrons. The minimum Gasteiger partial charge on any atom is -0.465 e. The SMILES string of the molecule is COC(=O)c1cc(Br)cc(Cl)c1Cl. The molecule has 0 aromatic heterocycles. The van der Waals surface area contributed by atoms with Gasteiger partial charge < -0.3 is 4.74 Å². The summed E-state index contributed by atoms with van der Waals surface area (Å²) in [7, 11) is 1.29. The molecule has 5 heteroatoms. The molecule has 0 bridgehead atoms. The number of benzene rings is 1. The molecule has 2 nitrogen and oxygen atoms in total. The van der Waals surface area contributed by atoms with Crippen LogP contribution in [0.2, 0.25) is 10.0 Å². The molecule has 0 atom stereocenters. The van der Waals surface area contributed by atoms with Crippen molar-refractivity contribution in [1.82, 2.24) is 0 Å². The Morgan fingerprint density at radius 2 is 2.08 bits per heavy atom. The Kier molecular flexibility index (Phi) is 3.59. The van der Waals surface area contributed by atoms with E-state index < -0.39 is 5.97 Å². The average molecular weight is 284 g/mol. The van der Waals surface area contributed by atoms with E-state index in [-0.39, 0.29) is 10.6 Å². The molecular formula is C8H5BrCl2O2. The maximum atomic E-state index is 11.2. The zero-order valence-electron chi connectivity index (χ0n) is 6.61. The highest BCUT2D eigenvalue weighted by molar-refractivity contribution is 9.10. The topological polar surface area (TPSA) is 26.3 Å². The van der Waals surface area contributed by atoms with Crippen molar-refractivity contribution in [3.8, 4) is 0 Å². The first-order chi connectivity index (χ1) is 6.06. The Morgan fingerprint density at radius 3 is 2.62 bits per heavy atom. The average Bonchev–Trinajstić information content (AvgIpc) is 2.10. The standard InChI is InChI=1S/C8H5BrCl2O2/c1-13-8(12)5-2-4(9)3-6(10)7(5)11/h2-3H,1H3. The van der Waals surface area contributed by atoms with Crippen LogP contribution in [0, 0.1) is 0 Å². The van der Waals surface area contributed by atoms with Crippen LogP contribution in [0.4, 0.5) is 0 Å². The third-order valence-electron chi connectivity index (χ3n) is 1.40. The van der Waals surface area contributed by atoms with E-state index in [1.165, 1.54) is 7.11 Å². The minimum absolute atomic E-state index is 0.205. The zero-order valence-corrected chi connectivity index (χ0v) is 9.70. The number of carbonyl (C=O) groups excluding carboxylic acids is 1. The molecule has 0 amide bonds. The Morgan fingerprint density at radius 1 is 1.46 bits per heavy atom. The summed E-state index contributed by atoms with van der Waals surface area (Å²) in [5.74, 6) is -0.506. The van der Waals surface area contributed by atoms with Gasteiger partial charge in [-0.2, -0.15) is 0 Å². The number of halogens is 3. The van der Waals surface area contributed by atoms with Gasteiger partial charge in [-0.1, -0.05) is 39.1 Å². The minimum atomic E-state index is -0.506. The predicted octanol–water partition coefficient (Wildman–Crippen LogP) is 3.54. The Bertz CT molecular complexity index is 352. The molecule has 0 aliphatic carbocycles.